The highest BCUT2D eigenvalue weighted by Gasteiger charge is 2.13. The van der Waals surface area contributed by atoms with Gasteiger partial charge in [-0.15, -0.1) is 11.3 Å². The third-order valence-corrected chi connectivity index (χ3v) is 5.47. The van der Waals surface area contributed by atoms with Crippen LogP contribution in [-0.4, -0.2) is 29.7 Å². The number of aliphatic imine (C=N–C) groups is 1. The van der Waals surface area contributed by atoms with Crippen LogP contribution >= 0.6 is 11.3 Å². The zero-order valence-electron chi connectivity index (χ0n) is 15.8. The Morgan fingerprint density at radius 1 is 1.28 bits per heavy atom. The fraction of sp³-hybridized carbons (Fsp3) is 0.611. The summed E-state index contributed by atoms with van der Waals surface area (Å²) in [5.74, 6) is 2.06. The Labute approximate surface area is 154 Å². The van der Waals surface area contributed by atoms with Gasteiger partial charge in [0.15, 0.2) is 11.7 Å². The lowest BCUT2D eigenvalue weighted by atomic mass is 9.99. The van der Waals surface area contributed by atoms with Gasteiger partial charge in [-0.1, -0.05) is 19.0 Å². The minimum absolute atomic E-state index is 0.472. The van der Waals surface area contributed by atoms with E-state index in [4.69, 9.17) is 4.52 Å². The first-order valence-electron chi connectivity index (χ1n) is 8.90. The second kappa shape index (κ2) is 9.56. The van der Waals surface area contributed by atoms with E-state index in [0.29, 0.717) is 12.5 Å². The molecule has 2 aromatic heterocycles. The van der Waals surface area contributed by atoms with Gasteiger partial charge < -0.3 is 15.2 Å². The second-order valence-electron chi connectivity index (χ2n) is 6.08. The summed E-state index contributed by atoms with van der Waals surface area (Å²) in [6.07, 6.45) is 3.05. The van der Waals surface area contributed by atoms with Crippen LogP contribution in [0.3, 0.4) is 0 Å². The quantitative estimate of drug-likeness (QED) is 0.554. The van der Waals surface area contributed by atoms with E-state index < -0.39 is 0 Å². The number of guanidine groups is 1. The first-order valence-corrected chi connectivity index (χ1v) is 9.71. The third-order valence-electron chi connectivity index (χ3n) is 4.34. The Bertz CT molecular complexity index is 668. The van der Waals surface area contributed by atoms with Crippen LogP contribution in [0.1, 0.15) is 59.6 Å². The van der Waals surface area contributed by atoms with Crippen molar-refractivity contribution < 1.29 is 4.52 Å². The SMILES string of the molecule is CCC(CC)c1cc(CNC(=NC)NCCc2nc(C)c(C)s2)on1. The van der Waals surface area contributed by atoms with Crippen molar-refractivity contribution in [1.29, 1.82) is 0 Å². The molecule has 0 aliphatic carbocycles. The lowest BCUT2D eigenvalue weighted by molar-refractivity contribution is 0.368. The maximum atomic E-state index is 5.43. The van der Waals surface area contributed by atoms with Gasteiger partial charge in [0.05, 0.1) is 22.9 Å². The van der Waals surface area contributed by atoms with Crippen LogP contribution in [-0.2, 0) is 13.0 Å². The molecule has 25 heavy (non-hydrogen) atoms. The topological polar surface area (TPSA) is 75.3 Å². The summed E-state index contributed by atoms with van der Waals surface area (Å²) in [6.45, 7) is 9.88. The Kier molecular flexibility index (Phi) is 7.43. The van der Waals surface area contributed by atoms with Crippen molar-refractivity contribution in [3.63, 3.8) is 0 Å². The van der Waals surface area contributed by atoms with Gasteiger partial charge in [-0.2, -0.15) is 0 Å². The second-order valence-corrected chi connectivity index (χ2v) is 7.37. The molecule has 0 spiro atoms. The molecule has 0 unspecified atom stereocenters. The zero-order valence-corrected chi connectivity index (χ0v) is 16.7. The van der Waals surface area contributed by atoms with Gasteiger partial charge in [0.2, 0.25) is 0 Å². The van der Waals surface area contributed by atoms with Crippen LogP contribution < -0.4 is 10.6 Å². The summed E-state index contributed by atoms with van der Waals surface area (Å²) in [5, 5.41) is 11.9. The summed E-state index contributed by atoms with van der Waals surface area (Å²) in [6, 6.07) is 2.04. The predicted molar refractivity (Wildman–Crippen MR) is 103 cm³/mol. The van der Waals surface area contributed by atoms with E-state index in [0.717, 1.165) is 53.9 Å². The monoisotopic (exact) mass is 363 g/mol. The molecule has 7 heteroatoms. The molecule has 6 nitrogen and oxygen atoms in total. The number of hydrogen-bond donors (Lipinski definition) is 2. The Morgan fingerprint density at radius 2 is 2.04 bits per heavy atom. The molecule has 0 aromatic carbocycles. The molecule has 2 rings (SSSR count). The first kappa shape index (κ1) is 19.4. The molecular weight excluding hydrogens is 334 g/mol. The van der Waals surface area contributed by atoms with E-state index >= 15 is 0 Å². The van der Waals surface area contributed by atoms with Gasteiger partial charge in [0.1, 0.15) is 0 Å². The van der Waals surface area contributed by atoms with Gasteiger partial charge >= 0.3 is 0 Å². The van der Waals surface area contributed by atoms with Gasteiger partial charge in [-0.3, -0.25) is 4.99 Å². The molecule has 2 aromatic rings. The van der Waals surface area contributed by atoms with Crippen LogP contribution in [0.25, 0.3) is 0 Å². The molecule has 0 aliphatic heterocycles. The summed E-state index contributed by atoms with van der Waals surface area (Å²) in [4.78, 5) is 10.1. The van der Waals surface area contributed by atoms with Crippen LogP contribution in [0.15, 0.2) is 15.6 Å². The van der Waals surface area contributed by atoms with E-state index in [2.05, 4.69) is 53.5 Å². The molecule has 0 saturated heterocycles. The number of rotatable bonds is 8. The average molecular weight is 364 g/mol. The van der Waals surface area contributed by atoms with Crippen molar-refractivity contribution >= 4 is 17.3 Å². The lowest BCUT2D eigenvalue weighted by Crippen LogP contribution is -2.37. The van der Waals surface area contributed by atoms with E-state index in [9.17, 15) is 0 Å². The fourth-order valence-electron chi connectivity index (χ4n) is 2.64. The molecule has 0 amide bonds. The molecule has 0 radical (unpaired) electrons. The zero-order chi connectivity index (χ0) is 18.2. The summed E-state index contributed by atoms with van der Waals surface area (Å²) >= 11 is 1.76. The van der Waals surface area contributed by atoms with Crippen LogP contribution in [0, 0.1) is 13.8 Å². The summed E-state index contributed by atoms with van der Waals surface area (Å²) in [5.41, 5.74) is 2.17. The smallest absolute Gasteiger partial charge is 0.191 e. The Balaban J connectivity index is 1.78. The van der Waals surface area contributed by atoms with E-state index in [-0.39, 0.29) is 0 Å². The molecule has 0 atom stereocenters. The fourth-order valence-corrected chi connectivity index (χ4v) is 3.57. The first-order chi connectivity index (χ1) is 12.1. The molecule has 138 valence electrons. The number of aryl methyl sites for hydroxylation is 2. The van der Waals surface area contributed by atoms with E-state index in [1.54, 1.807) is 18.4 Å². The van der Waals surface area contributed by atoms with Crippen molar-refractivity contribution in [1.82, 2.24) is 20.8 Å². The van der Waals surface area contributed by atoms with Crippen molar-refractivity contribution in [2.75, 3.05) is 13.6 Å². The molecule has 0 fully saturated rings. The number of nitrogens with one attached hydrogen (secondary N) is 2. The Morgan fingerprint density at radius 3 is 2.64 bits per heavy atom. The van der Waals surface area contributed by atoms with Crippen molar-refractivity contribution in [2.24, 2.45) is 4.99 Å². The highest BCUT2D eigenvalue weighted by Crippen LogP contribution is 2.22. The standard InChI is InChI=1S/C18H29N5OS/c1-6-14(7-2)16-10-15(24-23-16)11-21-18(19-5)20-9-8-17-22-12(3)13(4)25-17/h10,14H,6-9,11H2,1-5H3,(H2,19,20,21). The molecule has 2 heterocycles. The minimum atomic E-state index is 0.472. The predicted octanol–water partition coefficient (Wildman–Crippen LogP) is 3.56. The summed E-state index contributed by atoms with van der Waals surface area (Å²) in [7, 11) is 1.77. The summed E-state index contributed by atoms with van der Waals surface area (Å²) < 4.78 is 5.43. The highest BCUT2D eigenvalue weighted by molar-refractivity contribution is 7.11. The number of aromatic nitrogens is 2. The van der Waals surface area contributed by atoms with Crippen molar-refractivity contribution in [3.8, 4) is 0 Å². The largest absolute Gasteiger partial charge is 0.359 e. The third kappa shape index (κ3) is 5.56. The van der Waals surface area contributed by atoms with Crippen molar-refractivity contribution in [3.05, 3.63) is 33.1 Å². The number of hydrogen-bond acceptors (Lipinski definition) is 5. The van der Waals surface area contributed by atoms with E-state index in [1.807, 2.05) is 6.07 Å². The van der Waals surface area contributed by atoms with Gasteiger partial charge in [-0.05, 0) is 26.7 Å². The maximum absolute atomic E-state index is 5.43. The normalized spacial score (nSPS) is 12.0. The van der Waals surface area contributed by atoms with Crippen molar-refractivity contribution in [2.45, 2.75) is 59.4 Å². The molecular formula is C18H29N5OS. The van der Waals surface area contributed by atoms with Crippen LogP contribution in [0.5, 0.6) is 0 Å². The molecule has 0 bridgehead atoms. The lowest BCUT2D eigenvalue weighted by Gasteiger charge is -2.09. The number of thiazole rings is 1. The average Bonchev–Trinajstić information content (AvgIpc) is 3.19. The molecule has 0 saturated carbocycles. The van der Waals surface area contributed by atoms with Gasteiger partial charge in [0, 0.05) is 36.9 Å². The Hall–Kier alpha value is -1.89. The van der Waals surface area contributed by atoms with Crippen LogP contribution in [0.2, 0.25) is 0 Å². The minimum Gasteiger partial charge on any atom is -0.359 e. The maximum Gasteiger partial charge on any atom is 0.191 e. The highest BCUT2D eigenvalue weighted by atomic mass is 32.1. The molecule has 2 N–H and O–H groups in total. The number of nitrogens with zero attached hydrogens (tertiary/aromatic N) is 3. The van der Waals surface area contributed by atoms with Gasteiger partial charge in [-0.25, -0.2) is 4.98 Å². The van der Waals surface area contributed by atoms with E-state index in [1.165, 1.54) is 4.88 Å². The molecule has 0 aliphatic rings. The van der Waals surface area contributed by atoms with Gasteiger partial charge in [0.25, 0.3) is 0 Å². The van der Waals surface area contributed by atoms with Crippen LogP contribution in [0.4, 0.5) is 0 Å².